The first-order chi connectivity index (χ1) is 26.3. The van der Waals surface area contributed by atoms with Crippen LogP contribution in [-0.2, 0) is 21.7 Å². The van der Waals surface area contributed by atoms with Crippen molar-refractivity contribution in [3.8, 4) is 44.5 Å². The zero-order valence-corrected chi connectivity index (χ0v) is 33.2. The molecule has 268 valence electrons. The number of hydrogen-bond donors (Lipinski definition) is 0. The van der Waals surface area contributed by atoms with Gasteiger partial charge in [0, 0.05) is 38.5 Å². The summed E-state index contributed by atoms with van der Waals surface area (Å²) in [5.41, 5.74) is 25.3. The van der Waals surface area contributed by atoms with E-state index in [1.807, 2.05) is 0 Å². The normalized spacial score (nSPS) is 17.3. The molecule has 0 N–H and O–H groups in total. The minimum Gasteiger partial charge on any atom is -0.309 e. The second-order valence-electron chi connectivity index (χ2n) is 18.5. The minimum atomic E-state index is -0.177. The first kappa shape index (κ1) is 32.7. The molecule has 0 saturated carbocycles. The van der Waals surface area contributed by atoms with E-state index in [1.54, 1.807) is 0 Å². The SMILES string of the molecule is CC1(C)c2ccccc2-c2cc3c(cc21)-c1ccc(N(c2cccc4c2-c2ccccc2C4(C)C)c2cccc4c2-c2ccccc2C4(C)C)cc1C3(C)C. The molecule has 55 heavy (non-hydrogen) atoms. The summed E-state index contributed by atoms with van der Waals surface area (Å²) in [5.74, 6) is 0. The highest BCUT2D eigenvalue weighted by Gasteiger charge is 2.44. The van der Waals surface area contributed by atoms with Gasteiger partial charge in [-0.05, 0) is 114 Å². The van der Waals surface area contributed by atoms with Crippen LogP contribution in [0.2, 0.25) is 0 Å². The standard InChI is InChI=1S/C54H47N/c1-51(2)40-21-13-10-18-35(40)49-42(51)23-15-25-47(49)55(48-26-16-24-43-50(48)36-19-11-14-22-41(36)52(43,3)4)32-27-28-34-38-31-45-37(30-46(38)54(7,8)44(34)29-32)33-17-9-12-20-39(33)53(45,5)6/h9-31H,1-8H3. The lowest BCUT2D eigenvalue weighted by Crippen LogP contribution is -2.19. The molecule has 0 saturated heterocycles. The maximum Gasteiger partial charge on any atom is 0.0543 e. The van der Waals surface area contributed by atoms with Crippen LogP contribution in [0.4, 0.5) is 17.1 Å². The zero-order chi connectivity index (χ0) is 37.8. The third-order valence-corrected chi connectivity index (χ3v) is 14.3. The van der Waals surface area contributed by atoms with Crippen molar-refractivity contribution in [2.75, 3.05) is 4.90 Å². The van der Waals surface area contributed by atoms with Crippen molar-refractivity contribution >= 4 is 17.1 Å². The molecular weight excluding hydrogens is 663 g/mol. The van der Waals surface area contributed by atoms with E-state index in [2.05, 4.69) is 200 Å². The van der Waals surface area contributed by atoms with E-state index in [1.165, 1.54) is 106 Å². The Balaban J connectivity index is 1.17. The number of rotatable bonds is 3. The number of anilines is 3. The number of benzene rings is 7. The second-order valence-corrected chi connectivity index (χ2v) is 18.5. The van der Waals surface area contributed by atoms with Crippen molar-refractivity contribution < 1.29 is 0 Å². The number of fused-ring (bicyclic) bond motifs is 12. The monoisotopic (exact) mass is 709 g/mol. The Morgan fingerprint density at radius 1 is 0.291 bits per heavy atom. The summed E-state index contributed by atoms with van der Waals surface area (Å²) in [4.78, 5) is 2.60. The average Bonchev–Trinajstić information content (AvgIpc) is 3.75. The highest BCUT2D eigenvalue weighted by Crippen LogP contribution is 2.60. The van der Waals surface area contributed by atoms with Gasteiger partial charge in [-0.3, -0.25) is 0 Å². The Morgan fingerprint density at radius 3 is 1.16 bits per heavy atom. The predicted molar refractivity (Wildman–Crippen MR) is 231 cm³/mol. The Labute approximate surface area is 326 Å². The van der Waals surface area contributed by atoms with Crippen molar-refractivity contribution in [3.63, 3.8) is 0 Å². The van der Waals surface area contributed by atoms with Gasteiger partial charge in [-0.25, -0.2) is 0 Å². The fraction of sp³-hybridized carbons (Fsp3) is 0.222. The lowest BCUT2D eigenvalue weighted by molar-refractivity contribution is 0.652. The van der Waals surface area contributed by atoms with Crippen LogP contribution in [0.15, 0.2) is 140 Å². The molecule has 4 aliphatic rings. The predicted octanol–water partition coefficient (Wildman–Crippen LogP) is 14.4. The van der Waals surface area contributed by atoms with Gasteiger partial charge in [0.25, 0.3) is 0 Å². The first-order valence-corrected chi connectivity index (χ1v) is 20.0. The summed E-state index contributed by atoms with van der Waals surface area (Å²) in [7, 11) is 0. The van der Waals surface area contributed by atoms with Gasteiger partial charge in [0.15, 0.2) is 0 Å². The smallest absolute Gasteiger partial charge is 0.0543 e. The van der Waals surface area contributed by atoms with Gasteiger partial charge < -0.3 is 4.90 Å². The van der Waals surface area contributed by atoms with Crippen molar-refractivity contribution in [2.45, 2.75) is 77.0 Å². The minimum absolute atomic E-state index is 0.0416. The molecule has 4 aliphatic carbocycles. The summed E-state index contributed by atoms with van der Waals surface area (Å²) >= 11 is 0. The molecule has 0 spiro atoms. The van der Waals surface area contributed by atoms with Crippen molar-refractivity contribution in [3.05, 3.63) is 184 Å². The van der Waals surface area contributed by atoms with Crippen LogP contribution >= 0.6 is 0 Å². The van der Waals surface area contributed by atoms with E-state index in [9.17, 15) is 0 Å². The van der Waals surface area contributed by atoms with Crippen LogP contribution in [0.1, 0.15) is 99.9 Å². The van der Waals surface area contributed by atoms with Gasteiger partial charge in [0.1, 0.15) is 0 Å². The van der Waals surface area contributed by atoms with Gasteiger partial charge in [0.05, 0.1) is 11.4 Å². The largest absolute Gasteiger partial charge is 0.309 e. The molecule has 0 bridgehead atoms. The highest BCUT2D eigenvalue weighted by atomic mass is 15.1. The first-order valence-electron chi connectivity index (χ1n) is 20.0. The molecule has 0 fully saturated rings. The molecule has 0 heterocycles. The van der Waals surface area contributed by atoms with Gasteiger partial charge in [-0.1, -0.05) is 159 Å². The van der Waals surface area contributed by atoms with Crippen molar-refractivity contribution in [1.82, 2.24) is 0 Å². The van der Waals surface area contributed by atoms with E-state index in [4.69, 9.17) is 0 Å². The van der Waals surface area contributed by atoms with E-state index < -0.39 is 0 Å². The summed E-state index contributed by atoms with van der Waals surface area (Å²) in [6.45, 7) is 19.2. The topological polar surface area (TPSA) is 3.24 Å². The van der Waals surface area contributed by atoms with Crippen LogP contribution in [0.25, 0.3) is 44.5 Å². The van der Waals surface area contributed by atoms with Gasteiger partial charge >= 0.3 is 0 Å². The third kappa shape index (κ3) is 4.04. The molecule has 0 unspecified atom stereocenters. The lowest BCUT2D eigenvalue weighted by Gasteiger charge is -2.32. The van der Waals surface area contributed by atoms with Crippen LogP contribution < -0.4 is 4.90 Å². The van der Waals surface area contributed by atoms with Gasteiger partial charge in [0.2, 0.25) is 0 Å². The highest BCUT2D eigenvalue weighted by molar-refractivity contribution is 6.01. The maximum atomic E-state index is 2.60. The van der Waals surface area contributed by atoms with Crippen LogP contribution in [0.5, 0.6) is 0 Å². The molecule has 1 nitrogen and oxygen atoms in total. The molecule has 0 radical (unpaired) electrons. The van der Waals surface area contributed by atoms with Crippen LogP contribution in [0.3, 0.4) is 0 Å². The van der Waals surface area contributed by atoms with E-state index in [-0.39, 0.29) is 21.7 Å². The Morgan fingerprint density at radius 2 is 0.655 bits per heavy atom. The number of hydrogen-bond acceptors (Lipinski definition) is 1. The van der Waals surface area contributed by atoms with E-state index >= 15 is 0 Å². The van der Waals surface area contributed by atoms with Gasteiger partial charge in [-0.2, -0.15) is 0 Å². The average molecular weight is 710 g/mol. The molecule has 0 aliphatic heterocycles. The zero-order valence-electron chi connectivity index (χ0n) is 33.2. The van der Waals surface area contributed by atoms with Crippen LogP contribution in [-0.4, -0.2) is 0 Å². The van der Waals surface area contributed by atoms with Crippen molar-refractivity contribution in [1.29, 1.82) is 0 Å². The molecule has 0 aromatic heterocycles. The Kier molecular flexibility index (Phi) is 6.28. The molecule has 7 aromatic rings. The lowest BCUT2D eigenvalue weighted by atomic mass is 9.79. The molecule has 7 aromatic carbocycles. The maximum absolute atomic E-state index is 2.60. The summed E-state index contributed by atoms with van der Waals surface area (Å²) in [6, 6.07) is 53.5. The third-order valence-electron chi connectivity index (χ3n) is 14.3. The Bertz CT molecular complexity index is 2720. The van der Waals surface area contributed by atoms with E-state index in [0.717, 1.165) is 0 Å². The van der Waals surface area contributed by atoms with Crippen molar-refractivity contribution in [2.24, 2.45) is 0 Å². The molecule has 0 atom stereocenters. The molecule has 0 amide bonds. The summed E-state index contributed by atoms with van der Waals surface area (Å²) < 4.78 is 0. The van der Waals surface area contributed by atoms with Gasteiger partial charge in [-0.15, -0.1) is 0 Å². The molecular formula is C54H47N. The summed E-state index contributed by atoms with van der Waals surface area (Å²) in [6.07, 6.45) is 0. The summed E-state index contributed by atoms with van der Waals surface area (Å²) in [5, 5.41) is 0. The fourth-order valence-corrected chi connectivity index (χ4v) is 11.3. The molecule has 1 heteroatoms. The fourth-order valence-electron chi connectivity index (χ4n) is 11.3. The quantitative estimate of drug-likeness (QED) is 0.177. The van der Waals surface area contributed by atoms with Crippen LogP contribution in [0, 0.1) is 0 Å². The molecule has 11 rings (SSSR count). The second kappa shape index (κ2) is 10.5. The number of nitrogens with zero attached hydrogens (tertiary/aromatic N) is 1. The Hall–Kier alpha value is -5.66. The van der Waals surface area contributed by atoms with E-state index in [0.29, 0.717) is 0 Å².